The highest BCUT2D eigenvalue weighted by Crippen LogP contribution is 2.21. The predicted molar refractivity (Wildman–Crippen MR) is 88.4 cm³/mol. The van der Waals surface area contributed by atoms with Gasteiger partial charge in [0.25, 0.3) is 0 Å². The average molecular weight is 329 g/mol. The highest BCUT2D eigenvalue weighted by molar-refractivity contribution is 5.76. The second kappa shape index (κ2) is 7.09. The summed E-state index contributed by atoms with van der Waals surface area (Å²) in [6, 6.07) is 3.87. The van der Waals surface area contributed by atoms with Gasteiger partial charge in [0.15, 0.2) is 0 Å². The largest absolute Gasteiger partial charge is 0.368 e. The number of carbonyl (C=O) groups is 1. The van der Waals surface area contributed by atoms with Crippen LogP contribution in [0.25, 0.3) is 0 Å². The fraction of sp³-hybridized carbons (Fsp3) is 0.529. The first-order chi connectivity index (χ1) is 11.5. The molecule has 7 nitrogen and oxygen atoms in total. The van der Waals surface area contributed by atoms with Gasteiger partial charge in [-0.2, -0.15) is 5.10 Å². The Morgan fingerprint density at radius 3 is 2.83 bits per heavy atom. The first kappa shape index (κ1) is 16.6. The number of hydrogen-bond acceptors (Lipinski definition) is 5. The van der Waals surface area contributed by atoms with E-state index in [2.05, 4.69) is 15.1 Å². The summed E-state index contributed by atoms with van der Waals surface area (Å²) in [7, 11) is 0. The monoisotopic (exact) mass is 329 g/mol. The molecule has 0 radical (unpaired) electrons. The molecule has 1 aliphatic rings. The Bertz CT molecular complexity index is 707. The van der Waals surface area contributed by atoms with Crippen LogP contribution in [0.15, 0.2) is 18.3 Å². The van der Waals surface area contributed by atoms with E-state index in [0.717, 1.165) is 22.9 Å². The summed E-state index contributed by atoms with van der Waals surface area (Å²) in [5, 5.41) is 4.31. The maximum Gasteiger partial charge on any atom is 0.224 e. The van der Waals surface area contributed by atoms with E-state index >= 15 is 0 Å². The van der Waals surface area contributed by atoms with Crippen molar-refractivity contribution < 1.29 is 9.53 Å². The van der Waals surface area contributed by atoms with E-state index in [9.17, 15) is 4.79 Å². The van der Waals surface area contributed by atoms with E-state index in [4.69, 9.17) is 4.74 Å². The van der Waals surface area contributed by atoms with Crippen molar-refractivity contribution in [2.24, 2.45) is 0 Å². The van der Waals surface area contributed by atoms with Crippen molar-refractivity contribution in [2.45, 2.75) is 39.8 Å². The molecule has 0 aliphatic carbocycles. The molecular formula is C17H23N5O2. The number of rotatable bonds is 4. The van der Waals surface area contributed by atoms with Gasteiger partial charge < -0.3 is 9.64 Å². The molecule has 1 saturated heterocycles. The molecule has 2 aromatic rings. The molecule has 0 N–H and O–H groups in total. The number of nitrogens with zero attached hydrogens (tertiary/aromatic N) is 5. The van der Waals surface area contributed by atoms with Crippen LogP contribution >= 0.6 is 0 Å². The molecule has 1 atom stereocenters. The fourth-order valence-corrected chi connectivity index (χ4v) is 2.92. The predicted octanol–water partition coefficient (Wildman–Crippen LogP) is 1.59. The molecule has 1 unspecified atom stereocenters. The number of carbonyl (C=O) groups excluding carboxylic acids is 1. The lowest BCUT2D eigenvalue weighted by Gasteiger charge is -2.33. The fourth-order valence-electron chi connectivity index (χ4n) is 2.92. The number of aryl methyl sites for hydroxylation is 4. The van der Waals surface area contributed by atoms with Crippen LogP contribution in [-0.2, 0) is 16.1 Å². The third-order valence-corrected chi connectivity index (χ3v) is 4.06. The van der Waals surface area contributed by atoms with E-state index < -0.39 is 0 Å². The first-order valence-electron chi connectivity index (χ1n) is 8.23. The van der Waals surface area contributed by atoms with Gasteiger partial charge in [-0.25, -0.2) is 9.97 Å². The molecule has 0 bridgehead atoms. The van der Waals surface area contributed by atoms with Crippen molar-refractivity contribution in [1.82, 2.24) is 24.6 Å². The minimum atomic E-state index is -0.185. The van der Waals surface area contributed by atoms with Crippen LogP contribution in [0.2, 0.25) is 0 Å². The van der Waals surface area contributed by atoms with E-state index in [0.29, 0.717) is 32.7 Å². The molecule has 3 heterocycles. The molecule has 7 heteroatoms. The number of aromatic nitrogens is 4. The van der Waals surface area contributed by atoms with Crippen LogP contribution in [0.1, 0.15) is 35.4 Å². The highest BCUT2D eigenvalue weighted by atomic mass is 16.5. The maximum atomic E-state index is 12.5. The second-order valence-electron chi connectivity index (χ2n) is 6.15. The third kappa shape index (κ3) is 3.97. The molecule has 3 rings (SSSR count). The molecule has 1 aliphatic heterocycles. The van der Waals surface area contributed by atoms with Crippen molar-refractivity contribution in [3.63, 3.8) is 0 Å². The minimum Gasteiger partial charge on any atom is -0.368 e. The molecule has 1 amide bonds. The lowest BCUT2D eigenvalue weighted by molar-refractivity contribution is -0.139. The van der Waals surface area contributed by atoms with Crippen LogP contribution in [0.4, 0.5) is 0 Å². The van der Waals surface area contributed by atoms with Gasteiger partial charge in [-0.1, -0.05) is 0 Å². The Balaban J connectivity index is 1.61. The maximum absolute atomic E-state index is 12.5. The summed E-state index contributed by atoms with van der Waals surface area (Å²) in [4.78, 5) is 23.1. The number of ether oxygens (including phenoxy) is 1. The summed E-state index contributed by atoms with van der Waals surface area (Å²) in [5.41, 5.74) is 2.72. The van der Waals surface area contributed by atoms with Crippen molar-refractivity contribution in [1.29, 1.82) is 0 Å². The molecule has 2 aromatic heterocycles. The number of hydrogen-bond donors (Lipinski definition) is 0. The molecule has 1 fully saturated rings. The highest BCUT2D eigenvalue weighted by Gasteiger charge is 2.26. The Hall–Kier alpha value is -2.28. The van der Waals surface area contributed by atoms with Crippen molar-refractivity contribution in [3.05, 3.63) is 41.2 Å². The quantitative estimate of drug-likeness (QED) is 0.852. The summed E-state index contributed by atoms with van der Waals surface area (Å²) in [6.45, 7) is 8.03. The van der Waals surface area contributed by atoms with Crippen LogP contribution in [0, 0.1) is 20.8 Å². The van der Waals surface area contributed by atoms with Gasteiger partial charge in [0.1, 0.15) is 11.9 Å². The third-order valence-electron chi connectivity index (χ3n) is 4.06. The van der Waals surface area contributed by atoms with E-state index in [1.54, 1.807) is 0 Å². The van der Waals surface area contributed by atoms with E-state index in [-0.39, 0.29) is 12.0 Å². The lowest BCUT2D eigenvalue weighted by Crippen LogP contribution is -2.42. The summed E-state index contributed by atoms with van der Waals surface area (Å²) in [5.74, 6) is 0.852. The molecule has 128 valence electrons. The topological polar surface area (TPSA) is 73.1 Å². The minimum absolute atomic E-state index is 0.124. The molecular weight excluding hydrogens is 306 g/mol. The van der Waals surface area contributed by atoms with E-state index in [1.807, 2.05) is 48.7 Å². The van der Waals surface area contributed by atoms with Crippen molar-refractivity contribution in [3.8, 4) is 0 Å². The zero-order valence-electron chi connectivity index (χ0n) is 14.4. The summed E-state index contributed by atoms with van der Waals surface area (Å²) in [6.07, 6.45) is 2.15. The van der Waals surface area contributed by atoms with Gasteiger partial charge in [0, 0.05) is 31.4 Å². The number of amides is 1. The van der Waals surface area contributed by atoms with Crippen LogP contribution in [0.5, 0.6) is 0 Å². The molecule has 0 aromatic carbocycles. The van der Waals surface area contributed by atoms with Gasteiger partial charge in [-0.15, -0.1) is 0 Å². The lowest BCUT2D eigenvalue weighted by atomic mass is 10.1. The summed E-state index contributed by atoms with van der Waals surface area (Å²) < 4.78 is 7.63. The first-order valence-corrected chi connectivity index (χ1v) is 8.23. The summed E-state index contributed by atoms with van der Waals surface area (Å²) >= 11 is 0. The standard InChI is InChI=1S/C17H23N5O2/c1-12-4-6-22(20-12)7-5-17(23)21-8-9-24-16(11-21)15-10-13(2)18-14(3)19-15/h4,6,10,16H,5,7-9,11H2,1-3H3. The SMILES string of the molecule is Cc1cc(C2CN(C(=O)CCn3ccc(C)n3)CCO2)nc(C)n1. The van der Waals surface area contributed by atoms with E-state index in [1.165, 1.54) is 0 Å². The van der Waals surface area contributed by atoms with Gasteiger partial charge in [-0.3, -0.25) is 9.48 Å². The zero-order chi connectivity index (χ0) is 17.1. The molecule has 24 heavy (non-hydrogen) atoms. The Kier molecular flexibility index (Phi) is 4.89. The Labute approximate surface area is 141 Å². The molecule has 0 saturated carbocycles. The number of morpholine rings is 1. The van der Waals surface area contributed by atoms with Crippen molar-refractivity contribution >= 4 is 5.91 Å². The Morgan fingerprint density at radius 1 is 1.29 bits per heavy atom. The second-order valence-corrected chi connectivity index (χ2v) is 6.15. The van der Waals surface area contributed by atoms with Crippen molar-refractivity contribution in [2.75, 3.05) is 19.7 Å². The van der Waals surface area contributed by atoms with Gasteiger partial charge in [-0.05, 0) is 32.9 Å². The van der Waals surface area contributed by atoms with Crippen LogP contribution in [-0.4, -0.2) is 50.3 Å². The Morgan fingerprint density at radius 2 is 2.12 bits per heavy atom. The van der Waals surface area contributed by atoms with Gasteiger partial charge in [0.2, 0.25) is 5.91 Å². The van der Waals surface area contributed by atoms with Gasteiger partial charge in [0.05, 0.1) is 24.5 Å². The van der Waals surface area contributed by atoms with Crippen LogP contribution < -0.4 is 0 Å². The molecule has 0 spiro atoms. The van der Waals surface area contributed by atoms with Gasteiger partial charge >= 0.3 is 0 Å². The smallest absolute Gasteiger partial charge is 0.224 e. The normalized spacial score (nSPS) is 18.0. The zero-order valence-corrected chi connectivity index (χ0v) is 14.4. The van der Waals surface area contributed by atoms with Crippen LogP contribution in [0.3, 0.4) is 0 Å². The average Bonchev–Trinajstić information content (AvgIpc) is 2.97.